The van der Waals surface area contributed by atoms with Crippen molar-refractivity contribution in [3.05, 3.63) is 39.3 Å². The molecule has 0 aliphatic rings. The number of aromatic nitrogens is 1. The number of oxazole rings is 1. The van der Waals surface area contributed by atoms with E-state index in [2.05, 4.69) is 41.4 Å². The lowest BCUT2D eigenvalue weighted by Crippen LogP contribution is -1.96. The van der Waals surface area contributed by atoms with Gasteiger partial charge in [-0.05, 0) is 46.2 Å². The number of carboxylic acids is 1. The van der Waals surface area contributed by atoms with Gasteiger partial charge >= 0.3 is 12.0 Å². The maximum absolute atomic E-state index is 10.7. The normalized spacial score (nSPS) is 10.7. The predicted octanol–water partition coefficient (Wildman–Crippen LogP) is 3.89. The fraction of sp³-hybridized carbons (Fsp3) is 0.231. The van der Waals surface area contributed by atoms with Crippen molar-refractivity contribution in [3.8, 4) is 11.8 Å². The van der Waals surface area contributed by atoms with Gasteiger partial charge in [-0.1, -0.05) is 19.9 Å². The Hall–Kier alpha value is -1.57. The van der Waals surface area contributed by atoms with Gasteiger partial charge in [-0.25, -0.2) is 4.79 Å². The number of carboxylic acid groups (broad SMARTS) is 1. The van der Waals surface area contributed by atoms with Crippen LogP contribution in [-0.2, 0) is 0 Å². The first-order chi connectivity index (χ1) is 8.97. The summed E-state index contributed by atoms with van der Waals surface area (Å²) in [6, 6.07) is 5.86. The summed E-state index contributed by atoms with van der Waals surface area (Å²) in [6.45, 7) is 4.17. The summed E-state index contributed by atoms with van der Waals surface area (Å²) in [7, 11) is 0. The number of hydrogen-bond donors (Lipinski definition) is 1. The number of benzene rings is 1. The Morgan fingerprint density at radius 3 is 2.79 bits per heavy atom. The summed E-state index contributed by atoms with van der Waals surface area (Å²) in [5.41, 5.74) is 0.949. The zero-order valence-corrected chi connectivity index (χ0v) is 12.5. The van der Waals surface area contributed by atoms with Crippen molar-refractivity contribution in [2.75, 3.05) is 0 Å². The van der Waals surface area contributed by atoms with E-state index in [0.717, 1.165) is 15.4 Å². The maximum atomic E-state index is 10.7. The van der Waals surface area contributed by atoms with Crippen LogP contribution in [0.5, 0.6) is 11.8 Å². The molecule has 2 aromatic rings. The van der Waals surface area contributed by atoms with Gasteiger partial charge in [-0.15, -0.1) is 0 Å². The molecule has 6 heteroatoms. The summed E-state index contributed by atoms with van der Waals surface area (Å²) in [5.74, 6) is -0.173. The number of carbonyl (C=O) groups is 1. The minimum absolute atomic E-state index is 0.0729. The van der Waals surface area contributed by atoms with E-state index < -0.39 is 5.97 Å². The van der Waals surface area contributed by atoms with Crippen molar-refractivity contribution >= 4 is 28.6 Å². The van der Waals surface area contributed by atoms with Gasteiger partial charge < -0.3 is 14.3 Å². The SMILES string of the molecule is CC(C)c1ccc(I)c(Oc2nc(C(=O)O)co2)c1. The molecule has 1 aromatic heterocycles. The first kappa shape index (κ1) is 13.9. The van der Waals surface area contributed by atoms with Crippen LogP contribution in [0.25, 0.3) is 0 Å². The molecule has 0 bridgehead atoms. The highest BCUT2D eigenvalue weighted by atomic mass is 127. The molecule has 0 aliphatic heterocycles. The standard InChI is InChI=1S/C13H12INO4/c1-7(2)8-3-4-9(14)11(5-8)19-13-15-10(6-18-13)12(16)17/h3-7H,1-2H3,(H,16,17). The fourth-order valence-electron chi connectivity index (χ4n) is 1.45. The van der Waals surface area contributed by atoms with Crippen molar-refractivity contribution in [1.29, 1.82) is 0 Å². The Morgan fingerprint density at radius 2 is 2.21 bits per heavy atom. The van der Waals surface area contributed by atoms with Crippen LogP contribution in [-0.4, -0.2) is 16.1 Å². The second kappa shape index (κ2) is 5.60. The van der Waals surface area contributed by atoms with E-state index in [9.17, 15) is 4.79 Å². The topological polar surface area (TPSA) is 72.6 Å². The predicted molar refractivity (Wildman–Crippen MR) is 76.8 cm³/mol. The Kier molecular flexibility index (Phi) is 4.08. The second-order valence-electron chi connectivity index (χ2n) is 4.25. The van der Waals surface area contributed by atoms with Crippen molar-refractivity contribution in [1.82, 2.24) is 4.98 Å². The summed E-state index contributed by atoms with van der Waals surface area (Å²) in [4.78, 5) is 14.4. The van der Waals surface area contributed by atoms with Crippen LogP contribution in [0.15, 0.2) is 28.9 Å². The molecule has 0 atom stereocenters. The zero-order chi connectivity index (χ0) is 14.0. The van der Waals surface area contributed by atoms with Crippen LogP contribution in [0.4, 0.5) is 0 Å². The average molecular weight is 373 g/mol. The lowest BCUT2D eigenvalue weighted by atomic mass is 10.0. The van der Waals surface area contributed by atoms with E-state index in [4.69, 9.17) is 14.3 Å². The first-order valence-corrected chi connectivity index (χ1v) is 6.71. The molecule has 0 spiro atoms. The summed E-state index contributed by atoms with van der Waals surface area (Å²) in [6.07, 6.45) is 0.979. The van der Waals surface area contributed by atoms with E-state index in [1.165, 1.54) is 0 Å². The fourth-order valence-corrected chi connectivity index (χ4v) is 1.90. The minimum atomic E-state index is -1.15. The molecule has 0 saturated heterocycles. The van der Waals surface area contributed by atoms with Gasteiger partial charge in [0.15, 0.2) is 5.69 Å². The number of hydrogen-bond acceptors (Lipinski definition) is 4. The van der Waals surface area contributed by atoms with Crippen molar-refractivity contribution in [2.45, 2.75) is 19.8 Å². The van der Waals surface area contributed by atoms with Gasteiger partial charge in [-0.2, -0.15) is 4.98 Å². The molecule has 1 heterocycles. The van der Waals surface area contributed by atoms with Crippen LogP contribution in [0, 0.1) is 3.57 Å². The van der Waals surface area contributed by atoms with Crippen molar-refractivity contribution in [2.24, 2.45) is 0 Å². The summed E-state index contributed by atoms with van der Waals surface area (Å²) >= 11 is 2.14. The molecular weight excluding hydrogens is 361 g/mol. The highest BCUT2D eigenvalue weighted by molar-refractivity contribution is 14.1. The third kappa shape index (κ3) is 3.25. The average Bonchev–Trinajstić information content (AvgIpc) is 2.80. The molecule has 19 heavy (non-hydrogen) atoms. The van der Waals surface area contributed by atoms with Crippen LogP contribution in [0.2, 0.25) is 0 Å². The third-order valence-corrected chi connectivity index (χ3v) is 3.41. The van der Waals surface area contributed by atoms with Gasteiger partial charge in [0.2, 0.25) is 0 Å². The van der Waals surface area contributed by atoms with Crippen molar-refractivity contribution < 1.29 is 19.1 Å². The van der Waals surface area contributed by atoms with Crippen LogP contribution in [0.1, 0.15) is 35.8 Å². The van der Waals surface area contributed by atoms with Crippen LogP contribution >= 0.6 is 22.6 Å². The van der Waals surface area contributed by atoms with Crippen LogP contribution in [0.3, 0.4) is 0 Å². The zero-order valence-electron chi connectivity index (χ0n) is 10.4. The Morgan fingerprint density at radius 1 is 1.47 bits per heavy atom. The van der Waals surface area contributed by atoms with E-state index in [1.807, 2.05) is 18.2 Å². The molecule has 2 rings (SSSR count). The molecule has 0 aliphatic carbocycles. The highest BCUT2D eigenvalue weighted by Gasteiger charge is 2.14. The largest absolute Gasteiger partial charge is 0.476 e. The third-order valence-electron chi connectivity index (χ3n) is 2.52. The number of aromatic carboxylic acids is 1. The van der Waals surface area contributed by atoms with Gasteiger partial charge in [0.1, 0.15) is 12.0 Å². The number of nitrogens with zero attached hydrogens (tertiary/aromatic N) is 1. The van der Waals surface area contributed by atoms with Crippen LogP contribution < -0.4 is 4.74 Å². The Bertz CT molecular complexity index is 606. The Labute approximate surface area is 123 Å². The first-order valence-electron chi connectivity index (χ1n) is 5.63. The molecule has 0 fully saturated rings. The Balaban J connectivity index is 2.26. The molecule has 0 saturated carbocycles. The van der Waals surface area contributed by atoms with Gasteiger partial charge in [-0.3, -0.25) is 0 Å². The van der Waals surface area contributed by atoms with Crippen molar-refractivity contribution in [3.63, 3.8) is 0 Å². The van der Waals surface area contributed by atoms with E-state index in [1.54, 1.807) is 0 Å². The quantitative estimate of drug-likeness (QED) is 0.824. The molecule has 0 radical (unpaired) electrons. The molecule has 0 amide bonds. The molecule has 0 unspecified atom stereocenters. The monoisotopic (exact) mass is 373 g/mol. The van der Waals surface area contributed by atoms with E-state index in [0.29, 0.717) is 11.7 Å². The van der Waals surface area contributed by atoms with E-state index >= 15 is 0 Å². The molecule has 1 aromatic carbocycles. The summed E-state index contributed by atoms with van der Waals surface area (Å²) in [5, 5.41) is 8.76. The molecule has 1 N–H and O–H groups in total. The minimum Gasteiger partial charge on any atom is -0.476 e. The lowest BCUT2D eigenvalue weighted by molar-refractivity contribution is 0.0690. The number of ether oxygens (including phenoxy) is 1. The number of halogens is 1. The smallest absolute Gasteiger partial charge is 0.399 e. The van der Waals surface area contributed by atoms with Gasteiger partial charge in [0, 0.05) is 0 Å². The number of rotatable bonds is 4. The molecular formula is C13H12INO4. The maximum Gasteiger partial charge on any atom is 0.399 e. The van der Waals surface area contributed by atoms with Gasteiger partial charge in [0.05, 0.1) is 3.57 Å². The molecule has 100 valence electrons. The second-order valence-corrected chi connectivity index (χ2v) is 5.41. The summed E-state index contributed by atoms with van der Waals surface area (Å²) < 4.78 is 11.3. The van der Waals surface area contributed by atoms with Gasteiger partial charge in [0.25, 0.3) is 0 Å². The van der Waals surface area contributed by atoms with E-state index in [-0.39, 0.29) is 11.8 Å². The highest BCUT2D eigenvalue weighted by Crippen LogP contribution is 2.29. The lowest BCUT2D eigenvalue weighted by Gasteiger charge is -2.09. The molecule has 5 nitrogen and oxygen atoms in total.